The van der Waals surface area contributed by atoms with Crippen LogP contribution in [0.4, 0.5) is 5.69 Å². The fraction of sp³-hybridized carbons (Fsp3) is 0.571. The van der Waals surface area contributed by atoms with Crippen molar-refractivity contribution in [3.63, 3.8) is 0 Å². The van der Waals surface area contributed by atoms with Crippen molar-refractivity contribution in [1.82, 2.24) is 4.90 Å². The van der Waals surface area contributed by atoms with E-state index < -0.39 is 0 Å². The normalized spacial score (nSPS) is 16.5. The van der Waals surface area contributed by atoms with E-state index >= 15 is 0 Å². The highest BCUT2D eigenvalue weighted by Gasteiger charge is 2.09. The molecule has 0 spiro atoms. The van der Waals surface area contributed by atoms with Gasteiger partial charge in [0.05, 0.1) is 6.61 Å². The lowest BCUT2D eigenvalue weighted by atomic mass is 10.2. The Morgan fingerprint density at radius 1 is 1.12 bits per heavy atom. The Hall–Kier alpha value is -1.06. The number of nitrogens with two attached hydrogens (primary N) is 1. The van der Waals surface area contributed by atoms with Gasteiger partial charge < -0.3 is 15.4 Å². The van der Waals surface area contributed by atoms with E-state index in [1.807, 2.05) is 24.3 Å². The monoisotopic (exact) mass is 234 g/mol. The molecule has 0 amide bonds. The van der Waals surface area contributed by atoms with Crippen LogP contribution in [-0.2, 0) is 11.3 Å². The van der Waals surface area contributed by atoms with Gasteiger partial charge in [-0.05, 0) is 50.0 Å². The predicted molar refractivity (Wildman–Crippen MR) is 70.8 cm³/mol. The second-order valence-corrected chi connectivity index (χ2v) is 4.70. The summed E-state index contributed by atoms with van der Waals surface area (Å²) in [6.45, 7) is 5.28. The number of hydrogen-bond acceptors (Lipinski definition) is 3. The number of anilines is 1. The van der Waals surface area contributed by atoms with Crippen LogP contribution in [0.15, 0.2) is 24.3 Å². The third kappa shape index (κ3) is 4.36. The molecular weight excluding hydrogens is 212 g/mol. The van der Waals surface area contributed by atoms with Crippen LogP contribution in [0, 0.1) is 0 Å². The van der Waals surface area contributed by atoms with Crippen molar-refractivity contribution in [2.24, 2.45) is 0 Å². The molecule has 0 atom stereocenters. The molecular formula is C14H22N2O. The number of nitrogens with zero attached hydrogens (tertiary/aromatic N) is 1. The zero-order valence-electron chi connectivity index (χ0n) is 10.4. The number of likely N-dealkylation sites (tertiary alicyclic amines) is 1. The lowest BCUT2D eigenvalue weighted by molar-refractivity contribution is 0.111. The quantitative estimate of drug-likeness (QED) is 0.606. The second-order valence-electron chi connectivity index (χ2n) is 4.70. The first-order chi connectivity index (χ1) is 8.34. The molecule has 1 aromatic rings. The van der Waals surface area contributed by atoms with Gasteiger partial charge in [-0.1, -0.05) is 12.1 Å². The molecule has 2 N–H and O–H groups in total. The van der Waals surface area contributed by atoms with Crippen LogP contribution in [0.3, 0.4) is 0 Å². The van der Waals surface area contributed by atoms with Crippen LogP contribution in [0.2, 0.25) is 0 Å². The molecule has 0 radical (unpaired) electrons. The topological polar surface area (TPSA) is 38.5 Å². The van der Waals surface area contributed by atoms with Gasteiger partial charge in [0, 0.05) is 18.8 Å². The van der Waals surface area contributed by atoms with Crippen LogP contribution in [-0.4, -0.2) is 31.1 Å². The Kier molecular flexibility index (Phi) is 4.83. The van der Waals surface area contributed by atoms with Gasteiger partial charge in [0.2, 0.25) is 0 Å². The summed E-state index contributed by atoms with van der Waals surface area (Å²) in [6.07, 6.45) is 3.87. The molecule has 0 aromatic heterocycles. The fourth-order valence-corrected chi connectivity index (χ4v) is 2.20. The van der Waals surface area contributed by atoms with Crippen LogP contribution in [0.25, 0.3) is 0 Å². The summed E-state index contributed by atoms with van der Waals surface area (Å²) in [5.74, 6) is 0. The summed E-state index contributed by atoms with van der Waals surface area (Å²) in [5.41, 5.74) is 7.63. The molecule has 3 nitrogen and oxygen atoms in total. The van der Waals surface area contributed by atoms with Gasteiger partial charge in [0.1, 0.15) is 0 Å². The van der Waals surface area contributed by atoms with Gasteiger partial charge in [-0.15, -0.1) is 0 Å². The van der Waals surface area contributed by atoms with E-state index in [4.69, 9.17) is 10.5 Å². The van der Waals surface area contributed by atoms with Gasteiger partial charge in [-0.3, -0.25) is 0 Å². The second kappa shape index (κ2) is 6.62. The van der Waals surface area contributed by atoms with Crippen molar-refractivity contribution in [2.75, 3.05) is 32.0 Å². The van der Waals surface area contributed by atoms with Gasteiger partial charge >= 0.3 is 0 Å². The molecule has 3 heteroatoms. The van der Waals surface area contributed by atoms with Crippen LogP contribution >= 0.6 is 0 Å². The lowest BCUT2D eigenvalue weighted by Crippen LogP contribution is -2.21. The minimum atomic E-state index is 0.695. The molecule has 1 aliphatic rings. The van der Waals surface area contributed by atoms with Crippen LogP contribution < -0.4 is 5.73 Å². The maximum Gasteiger partial charge on any atom is 0.0716 e. The molecule has 1 fully saturated rings. The number of nitrogen functional groups attached to an aromatic ring is 1. The fourth-order valence-electron chi connectivity index (χ4n) is 2.20. The van der Waals surface area contributed by atoms with Crippen molar-refractivity contribution >= 4 is 5.69 Å². The molecule has 0 unspecified atom stereocenters. The summed E-state index contributed by atoms with van der Waals surface area (Å²) >= 11 is 0. The molecule has 0 bridgehead atoms. The highest BCUT2D eigenvalue weighted by molar-refractivity contribution is 5.39. The smallest absolute Gasteiger partial charge is 0.0716 e. The minimum absolute atomic E-state index is 0.695. The number of rotatable bonds is 6. The SMILES string of the molecule is Nc1ccc(COCCCN2CCCC2)cc1. The third-order valence-electron chi connectivity index (χ3n) is 3.21. The Balaban J connectivity index is 1.55. The van der Waals surface area contributed by atoms with Crippen molar-refractivity contribution in [1.29, 1.82) is 0 Å². The molecule has 1 aromatic carbocycles. The Labute approximate surface area is 104 Å². The Morgan fingerprint density at radius 2 is 1.82 bits per heavy atom. The molecule has 0 saturated carbocycles. The van der Waals surface area contributed by atoms with Crippen molar-refractivity contribution in [2.45, 2.75) is 25.9 Å². The Morgan fingerprint density at radius 3 is 2.53 bits per heavy atom. The van der Waals surface area contributed by atoms with E-state index in [-0.39, 0.29) is 0 Å². The average molecular weight is 234 g/mol. The molecule has 1 aliphatic heterocycles. The summed E-state index contributed by atoms with van der Waals surface area (Å²) in [5, 5.41) is 0. The largest absolute Gasteiger partial charge is 0.399 e. The van der Waals surface area contributed by atoms with Crippen LogP contribution in [0.1, 0.15) is 24.8 Å². The number of hydrogen-bond donors (Lipinski definition) is 1. The summed E-state index contributed by atoms with van der Waals surface area (Å²) in [6, 6.07) is 7.89. The van der Waals surface area contributed by atoms with Gasteiger partial charge in [-0.25, -0.2) is 0 Å². The Bertz CT molecular complexity index is 317. The zero-order valence-corrected chi connectivity index (χ0v) is 10.4. The first-order valence-electron chi connectivity index (χ1n) is 6.49. The standard InChI is InChI=1S/C14H22N2O/c15-14-6-4-13(5-7-14)12-17-11-3-10-16-8-1-2-9-16/h4-7H,1-3,8-12,15H2. The first kappa shape index (κ1) is 12.4. The molecule has 17 heavy (non-hydrogen) atoms. The van der Waals surface area contributed by atoms with E-state index in [2.05, 4.69) is 4.90 Å². The third-order valence-corrected chi connectivity index (χ3v) is 3.21. The highest BCUT2D eigenvalue weighted by Crippen LogP contribution is 2.09. The molecule has 0 aliphatic carbocycles. The van der Waals surface area contributed by atoms with E-state index in [1.54, 1.807) is 0 Å². The molecule has 94 valence electrons. The zero-order chi connectivity index (χ0) is 11.9. The van der Waals surface area contributed by atoms with Crippen molar-refractivity contribution in [3.05, 3.63) is 29.8 Å². The lowest BCUT2D eigenvalue weighted by Gasteiger charge is -2.14. The summed E-state index contributed by atoms with van der Waals surface area (Å²) < 4.78 is 5.65. The predicted octanol–water partition coefficient (Wildman–Crippen LogP) is 2.27. The van der Waals surface area contributed by atoms with Crippen molar-refractivity contribution < 1.29 is 4.74 Å². The molecule has 1 saturated heterocycles. The van der Waals surface area contributed by atoms with Gasteiger partial charge in [0.25, 0.3) is 0 Å². The first-order valence-corrected chi connectivity index (χ1v) is 6.49. The van der Waals surface area contributed by atoms with Gasteiger partial charge in [-0.2, -0.15) is 0 Å². The number of benzene rings is 1. The van der Waals surface area contributed by atoms with E-state index in [0.29, 0.717) is 6.61 Å². The minimum Gasteiger partial charge on any atom is -0.399 e. The van der Waals surface area contributed by atoms with E-state index in [9.17, 15) is 0 Å². The number of ether oxygens (including phenoxy) is 1. The van der Waals surface area contributed by atoms with Crippen molar-refractivity contribution in [3.8, 4) is 0 Å². The summed E-state index contributed by atoms with van der Waals surface area (Å²) in [4.78, 5) is 2.52. The van der Waals surface area contributed by atoms with Crippen LogP contribution in [0.5, 0.6) is 0 Å². The van der Waals surface area contributed by atoms with Gasteiger partial charge in [0.15, 0.2) is 0 Å². The molecule has 2 rings (SSSR count). The highest BCUT2D eigenvalue weighted by atomic mass is 16.5. The maximum atomic E-state index is 5.65. The maximum absolute atomic E-state index is 5.65. The average Bonchev–Trinajstić information content (AvgIpc) is 2.84. The summed E-state index contributed by atoms with van der Waals surface area (Å²) in [7, 11) is 0. The van der Waals surface area contributed by atoms with E-state index in [0.717, 1.165) is 18.7 Å². The van der Waals surface area contributed by atoms with E-state index in [1.165, 1.54) is 38.0 Å². The molecule has 1 heterocycles.